The van der Waals surface area contributed by atoms with Crippen molar-refractivity contribution in [2.75, 3.05) is 13.6 Å². The monoisotopic (exact) mass is 204 g/mol. The molecule has 2 heterocycles. The van der Waals surface area contributed by atoms with Crippen LogP contribution in [0, 0.1) is 0 Å². The molecule has 6 nitrogen and oxygen atoms in total. The molecule has 15 heavy (non-hydrogen) atoms. The number of nitrogens with zero attached hydrogens (tertiary/aromatic N) is 5. The lowest BCUT2D eigenvalue weighted by molar-refractivity contribution is 0.695. The molecule has 1 N–H and O–H groups in total. The molecule has 0 saturated carbocycles. The van der Waals surface area contributed by atoms with Gasteiger partial charge in [-0.3, -0.25) is 0 Å². The molecular formula is C9H12N6. The predicted octanol–water partition coefficient (Wildman–Crippen LogP) is -0.181. The van der Waals surface area contributed by atoms with E-state index in [0.717, 1.165) is 18.8 Å². The largest absolute Gasteiger partial charge is 0.319 e. The first-order valence-electron chi connectivity index (χ1n) is 4.75. The maximum atomic E-state index is 4.21. The van der Waals surface area contributed by atoms with E-state index in [1.165, 1.54) is 4.80 Å². The van der Waals surface area contributed by atoms with Crippen LogP contribution in [0.3, 0.4) is 0 Å². The van der Waals surface area contributed by atoms with Crippen LogP contribution < -0.4 is 5.32 Å². The van der Waals surface area contributed by atoms with Crippen LogP contribution in [-0.2, 0) is 6.42 Å². The number of pyridine rings is 1. The van der Waals surface area contributed by atoms with Gasteiger partial charge >= 0.3 is 0 Å². The Morgan fingerprint density at radius 3 is 3.07 bits per heavy atom. The van der Waals surface area contributed by atoms with E-state index in [1.54, 1.807) is 6.20 Å². The maximum Gasteiger partial charge on any atom is 0.176 e. The summed E-state index contributed by atoms with van der Waals surface area (Å²) in [5.41, 5.74) is 0. The number of nitrogens with one attached hydrogen (secondary N) is 1. The van der Waals surface area contributed by atoms with Crippen LogP contribution in [0.4, 0.5) is 0 Å². The van der Waals surface area contributed by atoms with E-state index in [4.69, 9.17) is 0 Å². The van der Waals surface area contributed by atoms with Crippen LogP contribution in [0.5, 0.6) is 0 Å². The highest BCUT2D eigenvalue weighted by molar-refractivity contribution is 5.16. The van der Waals surface area contributed by atoms with Gasteiger partial charge in [0.2, 0.25) is 0 Å². The fraction of sp³-hybridized carbons (Fsp3) is 0.333. The number of hydrogen-bond acceptors (Lipinski definition) is 5. The van der Waals surface area contributed by atoms with Crippen molar-refractivity contribution in [1.29, 1.82) is 0 Å². The van der Waals surface area contributed by atoms with Crippen molar-refractivity contribution >= 4 is 0 Å². The van der Waals surface area contributed by atoms with Crippen molar-refractivity contribution in [1.82, 2.24) is 30.5 Å². The van der Waals surface area contributed by atoms with E-state index in [2.05, 4.69) is 25.7 Å². The molecule has 2 rings (SSSR count). The summed E-state index contributed by atoms with van der Waals surface area (Å²) in [5.74, 6) is 1.40. The Morgan fingerprint density at radius 2 is 2.33 bits per heavy atom. The maximum absolute atomic E-state index is 4.21. The molecule has 0 atom stereocenters. The first kappa shape index (κ1) is 9.72. The molecule has 0 aliphatic rings. The number of tetrazole rings is 1. The Labute approximate surface area is 87.3 Å². The summed E-state index contributed by atoms with van der Waals surface area (Å²) < 4.78 is 0. The van der Waals surface area contributed by atoms with Gasteiger partial charge in [-0.1, -0.05) is 6.07 Å². The Balaban J connectivity index is 2.14. The molecule has 2 aromatic heterocycles. The van der Waals surface area contributed by atoms with Gasteiger partial charge in [0.25, 0.3) is 0 Å². The highest BCUT2D eigenvalue weighted by Crippen LogP contribution is 1.98. The van der Waals surface area contributed by atoms with Crippen LogP contribution >= 0.6 is 0 Å². The van der Waals surface area contributed by atoms with Gasteiger partial charge in [-0.15, -0.1) is 15.0 Å². The molecule has 2 aromatic rings. The van der Waals surface area contributed by atoms with Crippen LogP contribution in [0.15, 0.2) is 24.4 Å². The highest BCUT2D eigenvalue weighted by atomic mass is 15.6. The molecule has 6 heteroatoms. The van der Waals surface area contributed by atoms with Crippen molar-refractivity contribution in [3.05, 3.63) is 30.2 Å². The van der Waals surface area contributed by atoms with Gasteiger partial charge in [-0.05, 0) is 24.4 Å². The van der Waals surface area contributed by atoms with Gasteiger partial charge in [0, 0.05) is 19.2 Å². The fourth-order valence-corrected chi connectivity index (χ4v) is 1.15. The van der Waals surface area contributed by atoms with E-state index in [1.807, 2.05) is 25.2 Å². The molecule has 0 fully saturated rings. The normalized spacial score (nSPS) is 10.5. The minimum Gasteiger partial charge on any atom is -0.319 e. The zero-order valence-electron chi connectivity index (χ0n) is 8.46. The summed E-state index contributed by atoms with van der Waals surface area (Å²) in [6, 6.07) is 5.57. The van der Waals surface area contributed by atoms with Gasteiger partial charge < -0.3 is 5.32 Å². The molecular weight excluding hydrogens is 192 g/mol. The van der Waals surface area contributed by atoms with Gasteiger partial charge in [0.05, 0.1) is 0 Å². The standard InChI is InChI=1S/C9H12N6/c1-10-7-5-8-12-14-15(13-8)9-4-2-3-6-11-9/h2-4,6,10H,5,7H2,1H3. The Morgan fingerprint density at radius 1 is 1.40 bits per heavy atom. The summed E-state index contributed by atoms with van der Waals surface area (Å²) in [4.78, 5) is 5.56. The number of hydrogen-bond donors (Lipinski definition) is 1. The second kappa shape index (κ2) is 4.61. The quantitative estimate of drug-likeness (QED) is 0.748. The Bertz CT molecular complexity index is 410. The summed E-state index contributed by atoms with van der Waals surface area (Å²) in [5, 5.41) is 15.1. The van der Waals surface area contributed by atoms with E-state index < -0.39 is 0 Å². The SMILES string of the molecule is CNCCc1nnn(-c2ccccn2)n1. The number of aromatic nitrogens is 5. The van der Waals surface area contributed by atoms with E-state index in [9.17, 15) is 0 Å². The van der Waals surface area contributed by atoms with E-state index >= 15 is 0 Å². The Hall–Kier alpha value is -1.82. The third-order valence-electron chi connectivity index (χ3n) is 1.91. The smallest absolute Gasteiger partial charge is 0.176 e. The second-order valence-corrected chi connectivity index (χ2v) is 3.04. The molecule has 0 amide bonds. The molecule has 0 aliphatic heterocycles. The molecule has 0 saturated heterocycles. The zero-order valence-corrected chi connectivity index (χ0v) is 8.46. The summed E-state index contributed by atoms with van der Waals surface area (Å²) >= 11 is 0. The van der Waals surface area contributed by atoms with Crippen LogP contribution in [-0.4, -0.2) is 38.8 Å². The van der Waals surface area contributed by atoms with Crippen molar-refractivity contribution in [2.24, 2.45) is 0 Å². The zero-order chi connectivity index (χ0) is 10.5. The van der Waals surface area contributed by atoms with Gasteiger partial charge in [0.1, 0.15) is 0 Å². The molecule has 78 valence electrons. The average molecular weight is 204 g/mol. The summed E-state index contributed by atoms with van der Waals surface area (Å²) in [7, 11) is 1.89. The Kier molecular flexibility index (Phi) is 2.99. The highest BCUT2D eigenvalue weighted by Gasteiger charge is 2.03. The lowest BCUT2D eigenvalue weighted by atomic mass is 10.4. The lowest BCUT2D eigenvalue weighted by Crippen LogP contribution is -2.11. The summed E-state index contributed by atoms with van der Waals surface area (Å²) in [6.45, 7) is 0.841. The van der Waals surface area contributed by atoms with Crippen molar-refractivity contribution < 1.29 is 0 Å². The van der Waals surface area contributed by atoms with Crippen LogP contribution in [0.1, 0.15) is 5.82 Å². The van der Waals surface area contributed by atoms with E-state index in [-0.39, 0.29) is 0 Å². The fourth-order valence-electron chi connectivity index (χ4n) is 1.15. The second-order valence-electron chi connectivity index (χ2n) is 3.04. The van der Waals surface area contributed by atoms with Gasteiger partial charge in [-0.25, -0.2) is 4.98 Å². The molecule has 0 spiro atoms. The molecule has 0 aromatic carbocycles. The first-order valence-corrected chi connectivity index (χ1v) is 4.75. The first-order chi connectivity index (χ1) is 7.40. The van der Waals surface area contributed by atoms with Gasteiger partial charge in [0.15, 0.2) is 11.6 Å². The molecule has 0 unspecified atom stereocenters. The minimum atomic E-state index is 0.681. The van der Waals surface area contributed by atoms with Crippen LogP contribution in [0.2, 0.25) is 0 Å². The van der Waals surface area contributed by atoms with Crippen molar-refractivity contribution in [3.8, 4) is 5.82 Å². The lowest BCUT2D eigenvalue weighted by Gasteiger charge is -1.94. The third kappa shape index (κ3) is 2.35. The third-order valence-corrected chi connectivity index (χ3v) is 1.91. The van der Waals surface area contributed by atoms with Crippen LogP contribution in [0.25, 0.3) is 5.82 Å². The van der Waals surface area contributed by atoms with E-state index in [0.29, 0.717) is 5.82 Å². The topological polar surface area (TPSA) is 68.5 Å². The average Bonchev–Trinajstić information content (AvgIpc) is 2.76. The molecule has 0 radical (unpaired) electrons. The van der Waals surface area contributed by atoms with Gasteiger partial charge in [-0.2, -0.15) is 0 Å². The minimum absolute atomic E-state index is 0.681. The summed E-state index contributed by atoms with van der Waals surface area (Å²) in [6.07, 6.45) is 2.47. The van der Waals surface area contributed by atoms with Crippen molar-refractivity contribution in [3.63, 3.8) is 0 Å². The molecule has 0 aliphatic carbocycles. The number of likely N-dealkylation sites (N-methyl/N-ethyl adjacent to an activating group) is 1. The molecule has 0 bridgehead atoms. The van der Waals surface area contributed by atoms with Crippen molar-refractivity contribution in [2.45, 2.75) is 6.42 Å². The number of rotatable bonds is 4. The predicted molar refractivity (Wildman–Crippen MR) is 54.6 cm³/mol.